The Morgan fingerprint density at radius 1 is 0.962 bits per heavy atom. The van der Waals surface area contributed by atoms with E-state index in [1.165, 1.54) is 16.3 Å². The van der Waals surface area contributed by atoms with Gasteiger partial charge in [-0.05, 0) is 21.9 Å². The van der Waals surface area contributed by atoms with Crippen LogP contribution in [-0.2, 0) is 16.0 Å². The molecule has 0 radical (unpaired) electrons. The molecule has 0 heterocycles. The lowest BCUT2D eigenvalue weighted by Crippen LogP contribution is -2.11. The fourth-order valence-electron chi connectivity index (χ4n) is 3.78. The highest BCUT2D eigenvalue weighted by atomic mass is 16.5. The van der Waals surface area contributed by atoms with Crippen LogP contribution in [0.4, 0.5) is 0 Å². The molecule has 1 aliphatic carbocycles. The lowest BCUT2D eigenvalue weighted by molar-refractivity contribution is -0.143. The summed E-state index contributed by atoms with van der Waals surface area (Å²) >= 11 is 0. The van der Waals surface area contributed by atoms with E-state index in [2.05, 4.69) is 24.3 Å². The molecule has 26 heavy (non-hydrogen) atoms. The number of esters is 1. The third-order valence-electron chi connectivity index (χ3n) is 5.06. The maximum atomic E-state index is 12.2. The summed E-state index contributed by atoms with van der Waals surface area (Å²) in [5.41, 5.74) is 2.90. The molecule has 1 aliphatic rings. The first-order valence-corrected chi connectivity index (χ1v) is 8.97. The van der Waals surface area contributed by atoms with Gasteiger partial charge < -0.3 is 4.74 Å². The molecule has 0 aromatic heterocycles. The molecule has 130 valence electrons. The van der Waals surface area contributed by atoms with Gasteiger partial charge in [0.15, 0.2) is 5.78 Å². The van der Waals surface area contributed by atoms with Gasteiger partial charge in [-0.15, -0.1) is 0 Å². The summed E-state index contributed by atoms with van der Waals surface area (Å²) in [4.78, 5) is 24.3. The molecule has 3 aromatic rings. The first-order valence-electron chi connectivity index (χ1n) is 8.97. The number of hydrogen-bond donors (Lipinski definition) is 0. The SMILES string of the molecule is O=C(CC1CC(=O)c2ccccc21)OCCc1cccc2ccccc12. The Morgan fingerprint density at radius 2 is 1.73 bits per heavy atom. The van der Waals surface area contributed by atoms with Crippen molar-refractivity contribution in [2.45, 2.75) is 25.2 Å². The summed E-state index contributed by atoms with van der Waals surface area (Å²) < 4.78 is 5.46. The molecule has 0 fully saturated rings. The van der Waals surface area contributed by atoms with Crippen LogP contribution < -0.4 is 0 Å². The molecule has 0 N–H and O–H groups in total. The van der Waals surface area contributed by atoms with E-state index in [1.54, 1.807) is 0 Å². The highest BCUT2D eigenvalue weighted by Crippen LogP contribution is 2.35. The van der Waals surface area contributed by atoms with Crippen LogP contribution in [0.5, 0.6) is 0 Å². The standard InChI is InChI=1S/C23H20O3/c24-22-14-18(20-10-3-4-11-21(20)22)15-23(25)26-13-12-17-8-5-7-16-6-1-2-9-19(16)17/h1-11,18H,12-15H2. The average Bonchev–Trinajstić information content (AvgIpc) is 2.98. The number of rotatable bonds is 5. The molecule has 0 bridgehead atoms. The van der Waals surface area contributed by atoms with E-state index in [0.29, 0.717) is 19.4 Å². The minimum absolute atomic E-state index is 0.0521. The fraction of sp³-hybridized carbons (Fsp3) is 0.217. The van der Waals surface area contributed by atoms with E-state index in [0.717, 1.165) is 11.1 Å². The number of fused-ring (bicyclic) bond motifs is 2. The van der Waals surface area contributed by atoms with Crippen molar-refractivity contribution in [2.75, 3.05) is 6.61 Å². The van der Waals surface area contributed by atoms with Crippen molar-refractivity contribution in [1.29, 1.82) is 0 Å². The monoisotopic (exact) mass is 344 g/mol. The summed E-state index contributed by atoms with van der Waals surface area (Å²) in [7, 11) is 0. The predicted octanol–water partition coefficient (Wildman–Crippen LogP) is 4.69. The molecule has 4 rings (SSSR count). The molecule has 0 saturated carbocycles. The van der Waals surface area contributed by atoms with Gasteiger partial charge >= 0.3 is 5.97 Å². The smallest absolute Gasteiger partial charge is 0.306 e. The van der Waals surface area contributed by atoms with Crippen molar-refractivity contribution in [2.24, 2.45) is 0 Å². The molecule has 1 atom stereocenters. The minimum atomic E-state index is -0.236. The van der Waals surface area contributed by atoms with Gasteiger partial charge in [0.05, 0.1) is 13.0 Å². The van der Waals surface area contributed by atoms with Crippen LogP contribution >= 0.6 is 0 Å². The molecule has 0 aliphatic heterocycles. The second-order valence-electron chi connectivity index (χ2n) is 6.72. The van der Waals surface area contributed by atoms with Crippen molar-refractivity contribution >= 4 is 22.5 Å². The molecule has 3 aromatic carbocycles. The number of benzene rings is 3. The maximum Gasteiger partial charge on any atom is 0.306 e. The number of carbonyl (C=O) groups excluding carboxylic acids is 2. The number of ketones is 1. The number of hydrogen-bond acceptors (Lipinski definition) is 3. The van der Waals surface area contributed by atoms with Gasteiger partial charge in [-0.3, -0.25) is 9.59 Å². The van der Waals surface area contributed by atoms with Crippen LogP contribution in [0, 0.1) is 0 Å². The van der Waals surface area contributed by atoms with Crippen molar-refractivity contribution < 1.29 is 14.3 Å². The summed E-state index contributed by atoms with van der Waals surface area (Å²) in [5, 5.41) is 2.39. The van der Waals surface area contributed by atoms with Crippen molar-refractivity contribution in [1.82, 2.24) is 0 Å². The lowest BCUT2D eigenvalue weighted by atomic mass is 9.98. The number of ether oxygens (including phenoxy) is 1. The third kappa shape index (κ3) is 3.25. The maximum absolute atomic E-state index is 12.2. The molecule has 3 heteroatoms. The Hall–Kier alpha value is -2.94. The number of Topliss-reactive ketones (excluding diaryl/α,β-unsaturated/α-hetero) is 1. The molecule has 1 unspecified atom stereocenters. The van der Waals surface area contributed by atoms with Gasteiger partial charge in [0.2, 0.25) is 0 Å². The zero-order valence-corrected chi connectivity index (χ0v) is 14.5. The van der Waals surface area contributed by atoms with E-state index in [9.17, 15) is 9.59 Å². The zero-order chi connectivity index (χ0) is 17.9. The summed E-state index contributed by atoms with van der Waals surface area (Å²) in [6, 6.07) is 21.9. The quantitative estimate of drug-likeness (QED) is 0.631. The Morgan fingerprint density at radius 3 is 2.65 bits per heavy atom. The van der Waals surface area contributed by atoms with Gasteiger partial charge in [0, 0.05) is 24.3 Å². The largest absolute Gasteiger partial charge is 0.465 e. The Balaban J connectivity index is 1.36. The molecule has 0 saturated heterocycles. The van der Waals surface area contributed by atoms with E-state index in [-0.39, 0.29) is 24.1 Å². The van der Waals surface area contributed by atoms with E-state index < -0.39 is 0 Å². The van der Waals surface area contributed by atoms with Crippen LogP contribution in [0.2, 0.25) is 0 Å². The average molecular weight is 344 g/mol. The lowest BCUT2D eigenvalue weighted by Gasteiger charge is -2.11. The van der Waals surface area contributed by atoms with Crippen molar-refractivity contribution in [3.8, 4) is 0 Å². The van der Waals surface area contributed by atoms with Crippen LogP contribution in [0.25, 0.3) is 10.8 Å². The first kappa shape index (κ1) is 16.5. The topological polar surface area (TPSA) is 43.4 Å². The van der Waals surface area contributed by atoms with Gasteiger partial charge in [0.25, 0.3) is 0 Å². The van der Waals surface area contributed by atoms with E-state index >= 15 is 0 Å². The molecule has 0 spiro atoms. The second-order valence-corrected chi connectivity index (χ2v) is 6.72. The summed E-state index contributed by atoms with van der Waals surface area (Å²) in [6.07, 6.45) is 1.35. The zero-order valence-electron chi connectivity index (χ0n) is 14.5. The highest BCUT2D eigenvalue weighted by molar-refractivity contribution is 6.01. The van der Waals surface area contributed by atoms with E-state index in [4.69, 9.17) is 4.74 Å². The first-order chi connectivity index (χ1) is 12.7. The van der Waals surface area contributed by atoms with Crippen LogP contribution in [0.3, 0.4) is 0 Å². The van der Waals surface area contributed by atoms with Gasteiger partial charge in [-0.25, -0.2) is 0 Å². The summed E-state index contributed by atoms with van der Waals surface area (Å²) in [5.74, 6) is -0.169. The molecule has 0 amide bonds. The third-order valence-corrected chi connectivity index (χ3v) is 5.06. The van der Waals surface area contributed by atoms with Crippen LogP contribution in [-0.4, -0.2) is 18.4 Å². The Bertz CT molecular complexity index is 969. The van der Waals surface area contributed by atoms with E-state index in [1.807, 2.05) is 42.5 Å². The van der Waals surface area contributed by atoms with Crippen molar-refractivity contribution in [3.63, 3.8) is 0 Å². The molecular formula is C23H20O3. The highest BCUT2D eigenvalue weighted by Gasteiger charge is 2.30. The van der Waals surface area contributed by atoms with Gasteiger partial charge in [0.1, 0.15) is 0 Å². The van der Waals surface area contributed by atoms with Crippen LogP contribution in [0.1, 0.15) is 40.2 Å². The van der Waals surface area contributed by atoms with Gasteiger partial charge in [-0.2, -0.15) is 0 Å². The Kier molecular flexibility index (Phi) is 4.53. The Labute approximate surface area is 152 Å². The second kappa shape index (κ2) is 7.12. The minimum Gasteiger partial charge on any atom is -0.465 e. The number of carbonyl (C=O) groups is 2. The fourth-order valence-corrected chi connectivity index (χ4v) is 3.78. The van der Waals surface area contributed by atoms with Gasteiger partial charge in [-0.1, -0.05) is 66.7 Å². The normalized spacial score (nSPS) is 15.8. The van der Waals surface area contributed by atoms with Crippen LogP contribution in [0.15, 0.2) is 66.7 Å². The summed E-state index contributed by atoms with van der Waals surface area (Å²) in [6.45, 7) is 0.356. The molecular weight excluding hydrogens is 324 g/mol. The van der Waals surface area contributed by atoms with Crippen molar-refractivity contribution in [3.05, 3.63) is 83.4 Å². The molecule has 3 nitrogen and oxygen atoms in total. The predicted molar refractivity (Wildman–Crippen MR) is 101 cm³/mol.